The molecule has 0 spiro atoms. The number of hydrogen-bond acceptors (Lipinski definition) is 4. The number of carbonyl (C=O) groups is 2. The standard InChI is InChI=1S/C24H19ClN2O2S/c1-15-17(25)9-4-11-18(15)27-23(28)21(20-12-6-14-30-20)22(24(27)29)26-13-5-8-16-7-2-3-10-19(16)26/h2-4,6-7,9-12,14H,5,8,13H2,1H3. The maximum atomic E-state index is 13.8. The molecular weight excluding hydrogens is 416 g/mol. The predicted octanol–water partition coefficient (Wildman–Crippen LogP) is 5.45. The number of aryl methyl sites for hydroxylation is 1. The summed E-state index contributed by atoms with van der Waals surface area (Å²) in [5, 5.41) is 2.46. The molecule has 0 fully saturated rings. The molecule has 2 aliphatic heterocycles. The minimum Gasteiger partial charge on any atom is -0.336 e. The normalized spacial score (nSPS) is 16.5. The van der Waals surface area contributed by atoms with Crippen LogP contribution >= 0.6 is 22.9 Å². The van der Waals surface area contributed by atoms with Gasteiger partial charge in [-0.1, -0.05) is 41.9 Å². The Morgan fingerprint density at radius 3 is 2.53 bits per heavy atom. The van der Waals surface area contributed by atoms with E-state index in [4.69, 9.17) is 11.6 Å². The zero-order chi connectivity index (χ0) is 20.8. The summed E-state index contributed by atoms with van der Waals surface area (Å²) in [7, 11) is 0. The molecule has 150 valence electrons. The van der Waals surface area contributed by atoms with Crippen molar-refractivity contribution in [3.8, 4) is 0 Å². The Balaban J connectivity index is 1.70. The Morgan fingerprint density at radius 2 is 1.73 bits per heavy atom. The number of amides is 2. The van der Waals surface area contributed by atoms with E-state index < -0.39 is 0 Å². The zero-order valence-corrected chi connectivity index (χ0v) is 18.0. The van der Waals surface area contributed by atoms with Gasteiger partial charge < -0.3 is 4.90 Å². The monoisotopic (exact) mass is 434 g/mol. The average Bonchev–Trinajstić information content (AvgIpc) is 3.36. The van der Waals surface area contributed by atoms with Crippen LogP contribution in [-0.2, 0) is 16.0 Å². The summed E-state index contributed by atoms with van der Waals surface area (Å²) in [6.45, 7) is 2.53. The van der Waals surface area contributed by atoms with Gasteiger partial charge >= 0.3 is 0 Å². The molecule has 30 heavy (non-hydrogen) atoms. The molecule has 0 saturated carbocycles. The molecule has 2 amide bonds. The van der Waals surface area contributed by atoms with Crippen LogP contribution in [0.5, 0.6) is 0 Å². The molecule has 5 rings (SSSR count). The highest BCUT2D eigenvalue weighted by molar-refractivity contribution is 7.11. The number of rotatable bonds is 3. The third kappa shape index (κ3) is 2.89. The number of halogens is 1. The largest absolute Gasteiger partial charge is 0.336 e. The van der Waals surface area contributed by atoms with E-state index in [2.05, 4.69) is 6.07 Å². The zero-order valence-electron chi connectivity index (χ0n) is 16.4. The van der Waals surface area contributed by atoms with Crippen LogP contribution in [0.3, 0.4) is 0 Å². The molecule has 1 aromatic heterocycles. The van der Waals surface area contributed by atoms with E-state index in [0.29, 0.717) is 34.1 Å². The topological polar surface area (TPSA) is 40.6 Å². The summed E-state index contributed by atoms with van der Waals surface area (Å²) in [4.78, 5) is 31.5. The van der Waals surface area contributed by atoms with Gasteiger partial charge in [-0.25, -0.2) is 4.90 Å². The Hall–Kier alpha value is -2.89. The molecule has 3 aromatic rings. The predicted molar refractivity (Wildman–Crippen MR) is 122 cm³/mol. The number of benzene rings is 2. The lowest BCUT2D eigenvalue weighted by Crippen LogP contribution is -2.37. The molecule has 0 bridgehead atoms. The lowest BCUT2D eigenvalue weighted by Gasteiger charge is -2.32. The Kier molecular flexibility index (Phi) is 4.72. The summed E-state index contributed by atoms with van der Waals surface area (Å²) in [6, 6.07) is 17.2. The quantitative estimate of drug-likeness (QED) is 0.515. The fourth-order valence-corrected chi connectivity index (χ4v) is 5.17. The third-order valence-electron chi connectivity index (χ3n) is 5.69. The van der Waals surface area contributed by atoms with Crippen molar-refractivity contribution >= 4 is 51.7 Å². The molecule has 2 aliphatic rings. The number of thiophene rings is 1. The van der Waals surface area contributed by atoms with Gasteiger partial charge in [-0.15, -0.1) is 11.3 Å². The van der Waals surface area contributed by atoms with Gasteiger partial charge in [0.25, 0.3) is 11.8 Å². The number of anilines is 2. The molecule has 0 unspecified atom stereocenters. The van der Waals surface area contributed by atoms with Crippen molar-refractivity contribution < 1.29 is 9.59 Å². The number of hydrogen-bond donors (Lipinski definition) is 0. The van der Waals surface area contributed by atoms with Crippen molar-refractivity contribution in [2.45, 2.75) is 19.8 Å². The molecule has 2 aromatic carbocycles. The van der Waals surface area contributed by atoms with Crippen molar-refractivity contribution in [3.05, 3.63) is 86.7 Å². The molecular formula is C24H19ClN2O2S. The van der Waals surface area contributed by atoms with Gasteiger partial charge in [0.05, 0.1) is 11.3 Å². The van der Waals surface area contributed by atoms with E-state index in [1.54, 1.807) is 18.2 Å². The summed E-state index contributed by atoms with van der Waals surface area (Å²) in [6.07, 6.45) is 1.89. The van der Waals surface area contributed by atoms with Crippen LogP contribution in [0, 0.1) is 6.92 Å². The SMILES string of the molecule is Cc1c(Cl)cccc1N1C(=O)C(c2cccs2)=C(N2CCCc3ccccc32)C1=O. The summed E-state index contributed by atoms with van der Waals surface area (Å²) in [5.74, 6) is -0.601. The Labute approximate surface area is 184 Å². The highest BCUT2D eigenvalue weighted by Crippen LogP contribution is 2.41. The minimum absolute atomic E-state index is 0.300. The molecule has 4 nitrogen and oxygen atoms in total. The fraction of sp³-hybridized carbons (Fsp3) is 0.167. The second-order valence-corrected chi connectivity index (χ2v) is 8.77. The Morgan fingerprint density at radius 1 is 0.933 bits per heavy atom. The van der Waals surface area contributed by atoms with Gasteiger partial charge in [-0.05, 0) is 60.5 Å². The summed E-state index contributed by atoms with van der Waals surface area (Å²) >= 11 is 7.77. The van der Waals surface area contributed by atoms with Crippen LogP contribution in [0.25, 0.3) is 5.57 Å². The highest BCUT2D eigenvalue weighted by Gasteiger charge is 2.44. The minimum atomic E-state index is -0.300. The van der Waals surface area contributed by atoms with Gasteiger partial charge in [0.1, 0.15) is 5.70 Å². The van der Waals surface area contributed by atoms with Gasteiger partial charge in [-0.3, -0.25) is 9.59 Å². The van der Waals surface area contributed by atoms with E-state index in [1.807, 2.05) is 47.5 Å². The van der Waals surface area contributed by atoms with Crippen LogP contribution in [0.15, 0.2) is 65.7 Å². The highest BCUT2D eigenvalue weighted by atomic mass is 35.5. The number of fused-ring (bicyclic) bond motifs is 1. The maximum absolute atomic E-state index is 13.8. The Bertz CT molecular complexity index is 1200. The van der Waals surface area contributed by atoms with Crippen LogP contribution in [0.2, 0.25) is 5.02 Å². The van der Waals surface area contributed by atoms with E-state index in [-0.39, 0.29) is 11.8 Å². The molecule has 0 aliphatic carbocycles. The van der Waals surface area contributed by atoms with Crippen molar-refractivity contribution in [1.82, 2.24) is 0 Å². The van der Waals surface area contributed by atoms with Crippen molar-refractivity contribution in [3.63, 3.8) is 0 Å². The molecule has 0 saturated heterocycles. The van der Waals surface area contributed by atoms with Crippen molar-refractivity contribution in [1.29, 1.82) is 0 Å². The lowest BCUT2D eigenvalue weighted by atomic mass is 10.00. The lowest BCUT2D eigenvalue weighted by molar-refractivity contribution is -0.120. The molecule has 0 N–H and O–H groups in total. The van der Waals surface area contributed by atoms with Crippen LogP contribution in [-0.4, -0.2) is 18.4 Å². The van der Waals surface area contributed by atoms with E-state index in [9.17, 15) is 9.59 Å². The molecule has 6 heteroatoms. The van der Waals surface area contributed by atoms with E-state index in [1.165, 1.54) is 21.8 Å². The van der Waals surface area contributed by atoms with Crippen LogP contribution in [0.4, 0.5) is 11.4 Å². The number of nitrogens with zero attached hydrogens (tertiary/aromatic N) is 2. The van der Waals surface area contributed by atoms with E-state index in [0.717, 1.165) is 23.4 Å². The first-order valence-corrected chi connectivity index (χ1v) is 11.1. The number of imide groups is 1. The summed E-state index contributed by atoms with van der Waals surface area (Å²) < 4.78 is 0. The second kappa shape index (κ2) is 7.42. The average molecular weight is 435 g/mol. The molecule has 3 heterocycles. The van der Waals surface area contributed by atoms with Crippen LogP contribution < -0.4 is 9.80 Å². The van der Waals surface area contributed by atoms with Gasteiger partial charge in [0.2, 0.25) is 0 Å². The first-order chi connectivity index (χ1) is 14.6. The number of carbonyl (C=O) groups excluding carboxylic acids is 2. The van der Waals surface area contributed by atoms with Crippen LogP contribution in [0.1, 0.15) is 22.4 Å². The second-order valence-electron chi connectivity index (χ2n) is 7.41. The maximum Gasteiger partial charge on any atom is 0.282 e. The first kappa shape index (κ1) is 19.1. The summed E-state index contributed by atoms with van der Waals surface area (Å²) in [5.41, 5.74) is 4.36. The van der Waals surface area contributed by atoms with Gasteiger partial charge in [-0.2, -0.15) is 0 Å². The first-order valence-electron chi connectivity index (χ1n) is 9.85. The third-order valence-corrected chi connectivity index (χ3v) is 6.98. The van der Waals surface area contributed by atoms with E-state index >= 15 is 0 Å². The van der Waals surface area contributed by atoms with Crippen molar-refractivity contribution in [2.24, 2.45) is 0 Å². The van der Waals surface area contributed by atoms with Gasteiger partial charge in [0.15, 0.2) is 0 Å². The number of para-hydroxylation sites is 1. The fourth-order valence-electron chi connectivity index (χ4n) is 4.23. The smallest absolute Gasteiger partial charge is 0.282 e. The van der Waals surface area contributed by atoms with Crippen molar-refractivity contribution in [2.75, 3.05) is 16.3 Å². The van der Waals surface area contributed by atoms with Gasteiger partial charge in [0, 0.05) is 22.1 Å². The molecule has 0 atom stereocenters. The molecule has 0 radical (unpaired) electrons.